The van der Waals surface area contributed by atoms with Crippen LogP contribution in [0.15, 0.2) is 73.4 Å². The number of anilines is 1. The minimum atomic E-state index is -0.246. The standard InChI is InChI=1S/C20H16N4O2/c1-26-18-11-15-5-3-2-4-14(15)10-17(18)20(25)23-16-6-7-19(22-12-16)24-9-8-21-13-24/h2-13H,1H3,(H,23,25). The minimum Gasteiger partial charge on any atom is -0.496 e. The first-order valence-corrected chi connectivity index (χ1v) is 8.07. The zero-order valence-electron chi connectivity index (χ0n) is 14.1. The van der Waals surface area contributed by atoms with Gasteiger partial charge in [-0.25, -0.2) is 9.97 Å². The first kappa shape index (κ1) is 15.8. The number of methoxy groups -OCH3 is 1. The van der Waals surface area contributed by atoms with Crippen LogP contribution in [0.25, 0.3) is 16.6 Å². The van der Waals surface area contributed by atoms with E-state index in [-0.39, 0.29) is 5.91 Å². The second-order valence-electron chi connectivity index (χ2n) is 5.73. The molecule has 0 aliphatic rings. The lowest BCUT2D eigenvalue weighted by Gasteiger charge is -2.11. The Balaban J connectivity index is 1.61. The summed E-state index contributed by atoms with van der Waals surface area (Å²) < 4.78 is 7.18. The first-order chi connectivity index (χ1) is 12.7. The summed E-state index contributed by atoms with van der Waals surface area (Å²) in [6, 6.07) is 15.2. The monoisotopic (exact) mass is 344 g/mol. The second kappa shape index (κ2) is 6.68. The molecule has 128 valence electrons. The molecule has 0 atom stereocenters. The van der Waals surface area contributed by atoms with Crippen LogP contribution in [0.4, 0.5) is 5.69 Å². The van der Waals surface area contributed by atoms with E-state index in [2.05, 4.69) is 15.3 Å². The Labute approximate surface area is 150 Å². The summed E-state index contributed by atoms with van der Waals surface area (Å²) in [5, 5.41) is 4.86. The van der Waals surface area contributed by atoms with Crippen LogP contribution in [-0.2, 0) is 0 Å². The molecule has 0 radical (unpaired) electrons. The van der Waals surface area contributed by atoms with Crippen LogP contribution < -0.4 is 10.1 Å². The number of aromatic nitrogens is 3. The molecule has 2 heterocycles. The summed E-state index contributed by atoms with van der Waals surface area (Å²) in [7, 11) is 1.56. The van der Waals surface area contributed by atoms with Crippen LogP contribution in [0.1, 0.15) is 10.4 Å². The Morgan fingerprint density at radius 2 is 1.92 bits per heavy atom. The molecule has 1 N–H and O–H groups in total. The fourth-order valence-electron chi connectivity index (χ4n) is 2.77. The highest BCUT2D eigenvalue weighted by atomic mass is 16.5. The van der Waals surface area contributed by atoms with Crippen LogP contribution in [-0.4, -0.2) is 27.6 Å². The fourth-order valence-corrected chi connectivity index (χ4v) is 2.77. The van der Waals surface area contributed by atoms with Crippen molar-refractivity contribution in [2.75, 3.05) is 12.4 Å². The molecule has 1 amide bonds. The Morgan fingerprint density at radius 1 is 1.12 bits per heavy atom. The van der Waals surface area contributed by atoms with E-state index in [0.717, 1.165) is 16.6 Å². The van der Waals surface area contributed by atoms with E-state index in [4.69, 9.17) is 4.74 Å². The molecular formula is C20H16N4O2. The minimum absolute atomic E-state index is 0.246. The van der Waals surface area contributed by atoms with Gasteiger partial charge in [0.2, 0.25) is 0 Å². The predicted molar refractivity (Wildman–Crippen MR) is 99.8 cm³/mol. The number of nitrogens with zero attached hydrogens (tertiary/aromatic N) is 3. The topological polar surface area (TPSA) is 69.0 Å². The molecule has 6 nitrogen and oxygen atoms in total. The number of pyridine rings is 1. The number of nitrogens with one attached hydrogen (secondary N) is 1. The quantitative estimate of drug-likeness (QED) is 0.613. The number of carbonyl (C=O) groups excluding carboxylic acids is 1. The molecular weight excluding hydrogens is 328 g/mol. The van der Waals surface area contributed by atoms with Gasteiger partial charge in [-0.05, 0) is 35.0 Å². The normalized spacial score (nSPS) is 10.7. The highest BCUT2D eigenvalue weighted by Gasteiger charge is 2.14. The number of imidazole rings is 1. The molecule has 0 bridgehead atoms. The largest absolute Gasteiger partial charge is 0.496 e. The van der Waals surface area contributed by atoms with Gasteiger partial charge in [0.1, 0.15) is 17.9 Å². The highest BCUT2D eigenvalue weighted by molar-refractivity contribution is 6.08. The Bertz CT molecular complexity index is 1060. The van der Waals surface area contributed by atoms with Crippen molar-refractivity contribution >= 4 is 22.4 Å². The molecule has 2 aromatic heterocycles. The van der Waals surface area contributed by atoms with Gasteiger partial charge in [0, 0.05) is 12.4 Å². The Kier molecular flexibility index (Phi) is 4.07. The maximum atomic E-state index is 12.7. The summed E-state index contributed by atoms with van der Waals surface area (Å²) in [6.07, 6.45) is 6.77. The van der Waals surface area contributed by atoms with Crippen molar-refractivity contribution in [3.8, 4) is 11.6 Å². The SMILES string of the molecule is COc1cc2ccccc2cc1C(=O)Nc1ccc(-n2ccnc2)nc1. The van der Waals surface area contributed by atoms with Crippen molar-refractivity contribution in [1.82, 2.24) is 14.5 Å². The summed E-state index contributed by atoms with van der Waals surface area (Å²) in [4.78, 5) is 21.0. The Hall–Kier alpha value is -3.67. The molecule has 0 spiro atoms. The number of benzene rings is 2. The molecule has 0 saturated carbocycles. The maximum Gasteiger partial charge on any atom is 0.259 e. The first-order valence-electron chi connectivity index (χ1n) is 8.07. The van der Waals surface area contributed by atoms with E-state index in [1.807, 2.05) is 42.5 Å². The summed E-state index contributed by atoms with van der Waals surface area (Å²) in [5.74, 6) is 1.01. The average Bonchev–Trinajstić information content (AvgIpc) is 3.22. The van der Waals surface area contributed by atoms with Gasteiger partial charge in [-0.1, -0.05) is 24.3 Å². The lowest BCUT2D eigenvalue weighted by atomic mass is 10.1. The third-order valence-corrected chi connectivity index (χ3v) is 4.09. The van der Waals surface area contributed by atoms with Gasteiger partial charge in [0.15, 0.2) is 0 Å². The van der Waals surface area contributed by atoms with Crippen LogP contribution in [0.3, 0.4) is 0 Å². The van der Waals surface area contributed by atoms with E-state index in [1.165, 1.54) is 0 Å². The summed E-state index contributed by atoms with van der Waals surface area (Å²) in [6.45, 7) is 0. The van der Waals surface area contributed by atoms with Gasteiger partial charge < -0.3 is 10.1 Å². The van der Waals surface area contributed by atoms with Crippen LogP contribution in [0, 0.1) is 0 Å². The Morgan fingerprint density at radius 3 is 2.58 bits per heavy atom. The summed E-state index contributed by atoms with van der Waals surface area (Å²) >= 11 is 0. The van der Waals surface area contributed by atoms with Gasteiger partial charge in [0.25, 0.3) is 5.91 Å². The molecule has 4 rings (SSSR count). The molecule has 4 aromatic rings. The number of carbonyl (C=O) groups is 1. The van der Waals surface area contributed by atoms with Crippen LogP contribution in [0.5, 0.6) is 5.75 Å². The van der Waals surface area contributed by atoms with Crippen molar-refractivity contribution < 1.29 is 9.53 Å². The molecule has 26 heavy (non-hydrogen) atoms. The van der Waals surface area contributed by atoms with E-state index in [9.17, 15) is 4.79 Å². The lowest BCUT2D eigenvalue weighted by Crippen LogP contribution is -2.13. The fraction of sp³-hybridized carbons (Fsp3) is 0.0500. The van der Waals surface area contributed by atoms with Gasteiger partial charge >= 0.3 is 0 Å². The molecule has 6 heteroatoms. The van der Waals surface area contributed by atoms with Crippen molar-refractivity contribution in [1.29, 1.82) is 0 Å². The zero-order chi connectivity index (χ0) is 17.9. The van der Waals surface area contributed by atoms with Crippen molar-refractivity contribution in [3.05, 3.63) is 79.0 Å². The summed E-state index contributed by atoms with van der Waals surface area (Å²) in [5.41, 5.74) is 1.08. The molecule has 0 unspecified atom stereocenters. The smallest absolute Gasteiger partial charge is 0.259 e. The molecule has 0 aliphatic carbocycles. The number of hydrogen-bond acceptors (Lipinski definition) is 4. The number of rotatable bonds is 4. The van der Waals surface area contributed by atoms with Gasteiger partial charge in [0.05, 0.1) is 24.6 Å². The highest BCUT2D eigenvalue weighted by Crippen LogP contribution is 2.26. The molecule has 0 saturated heterocycles. The third-order valence-electron chi connectivity index (χ3n) is 4.09. The molecule has 0 fully saturated rings. The number of ether oxygens (including phenoxy) is 1. The lowest BCUT2D eigenvalue weighted by molar-refractivity contribution is 0.102. The number of hydrogen-bond donors (Lipinski definition) is 1. The van der Waals surface area contributed by atoms with Gasteiger partial charge in [-0.2, -0.15) is 0 Å². The van der Waals surface area contributed by atoms with Crippen LogP contribution >= 0.6 is 0 Å². The van der Waals surface area contributed by atoms with E-state index < -0.39 is 0 Å². The van der Waals surface area contributed by atoms with Gasteiger partial charge in [-0.3, -0.25) is 9.36 Å². The molecule has 2 aromatic carbocycles. The second-order valence-corrected chi connectivity index (χ2v) is 5.73. The third kappa shape index (κ3) is 3.00. The van der Waals surface area contributed by atoms with Crippen molar-refractivity contribution in [2.24, 2.45) is 0 Å². The average molecular weight is 344 g/mol. The van der Waals surface area contributed by atoms with E-state index in [1.54, 1.807) is 42.7 Å². The maximum absolute atomic E-state index is 12.7. The predicted octanol–water partition coefficient (Wildman–Crippen LogP) is 3.68. The molecule has 0 aliphatic heterocycles. The zero-order valence-corrected chi connectivity index (χ0v) is 14.1. The van der Waals surface area contributed by atoms with Crippen molar-refractivity contribution in [2.45, 2.75) is 0 Å². The number of fused-ring (bicyclic) bond motifs is 1. The van der Waals surface area contributed by atoms with E-state index in [0.29, 0.717) is 17.0 Å². The number of amides is 1. The van der Waals surface area contributed by atoms with E-state index >= 15 is 0 Å². The van der Waals surface area contributed by atoms with Gasteiger partial charge in [-0.15, -0.1) is 0 Å². The van der Waals surface area contributed by atoms with Crippen LogP contribution in [0.2, 0.25) is 0 Å². The van der Waals surface area contributed by atoms with Crippen molar-refractivity contribution in [3.63, 3.8) is 0 Å².